The number of nitrogens with one attached hydrogen (secondary N) is 2. The van der Waals surface area contributed by atoms with Gasteiger partial charge < -0.3 is 19.9 Å². The highest BCUT2D eigenvalue weighted by Crippen LogP contribution is 2.39. The third-order valence-corrected chi connectivity index (χ3v) is 8.73. The molecule has 1 aromatic carbocycles. The summed E-state index contributed by atoms with van der Waals surface area (Å²) in [5.41, 5.74) is 0.325. The lowest BCUT2D eigenvalue weighted by atomic mass is 9.81. The van der Waals surface area contributed by atoms with Crippen LogP contribution in [0.25, 0.3) is 0 Å². The molecule has 2 fully saturated rings. The third-order valence-electron chi connectivity index (χ3n) is 7.95. The van der Waals surface area contributed by atoms with E-state index in [0.717, 1.165) is 37.8 Å². The lowest BCUT2D eigenvalue weighted by Crippen LogP contribution is -2.59. The molecule has 0 unspecified atom stereocenters. The van der Waals surface area contributed by atoms with E-state index in [-0.39, 0.29) is 22.9 Å². The second-order valence-corrected chi connectivity index (χ2v) is 12.8. The Morgan fingerprint density at radius 3 is 2.65 bits per heavy atom. The maximum absolute atomic E-state index is 14.2. The van der Waals surface area contributed by atoms with Crippen molar-refractivity contribution in [2.75, 3.05) is 43.4 Å². The van der Waals surface area contributed by atoms with E-state index in [2.05, 4.69) is 38.8 Å². The van der Waals surface area contributed by atoms with E-state index < -0.39 is 5.82 Å². The number of carbonyl (C=O) groups is 1. The zero-order chi connectivity index (χ0) is 28.7. The Bertz CT molecular complexity index is 1120. The summed E-state index contributed by atoms with van der Waals surface area (Å²) in [7, 11) is 0. The second-order valence-electron chi connectivity index (χ2n) is 11.7. The van der Waals surface area contributed by atoms with E-state index in [4.69, 9.17) is 4.74 Å². The van der Waals surface area contributed by atoms with Crippen molar-refractivity contribution in [1.82, 2.24) is 24.9 Å². The SMILES string of the molecule is CCSNC1CCC(CNCC2(C)CN(c3ncncc3Oc3ccc(F)cc3C(=O)N(CC)C(C)C)C2)CC1. The minimum atomic E-state index is -0.480. The van der Waals surface area contributed by atoms with Gasteiger partial charge in [-0.1, -0.05) is 25.8 Å². The number of ether oxygens (including phenoxy) is 1. The van der Waals surface area contributed by atoms with Crippen molar-refractivity contribution >= 4 is 23.7 Å². The molecule has 2 aromatic rings. The number of aromatic nitrogens is 2. The summed E-state index contributed by atoms with van der Waals surface area (Å²) in [4.78, 5) is 25.8. The molecule has 8 nitrogen and oxygen atoms in total. The summed E-state index contributed by atoms with van der Waals surface area (Å²) in [5, 5.41) is 3.74. The van der Waals surface area contributed by atoms with Gasteiger partial charge >= 0.3 is 0 Å². The van der Waals surface area contributed by atoms with Gasteiger partial charge in [-0.25, -0.2) is 14.4 Å². The molecule has 1 saturated heterocycles. The van der Waals surface area contributed by atoms with E-state index in [1.54, 1.807) is 11.1 Å². The number of nitrogens with zero attached hydrogens (tertiary/aromatic N) is 4. The van der Waals surface area contributed by atoms with Crippen LogP contribution in [0.5, 0.6) is 11.5 Å². The molecular weight excluding hydrogens is 527 g/mol. The Labute approximate surface area is 243 Å². The van der Waals surface area contributed by atoms with Crippen LogP contribution in [0.15, 0.2) is 30.7 Å². The molecule has 1 aliphatic carbocycles. The molecular formula is C30H45FN6O2S. The number of halogens is 1. The molecule has 1 aromatic heterocycles. The van der Waals surface area contributed by atoms with Crippen LogP contribution in [0.2, 0.25) is 0 Å². The Balaban J connectivity index is 1.34. The van der Waals surface area contributed by atoms with E-state index >= 15 is 0 Å². The third kappa shape index (κ3) is 7.64. The summed E-state index contributed by atoms with van der Waals surface area (Å²) in [6.07, 6.45) is 8.19. The normalized spacial score (nSPS) is 20.3. The number of amides is 1. The van der Waals surface area contributed by atoms with Crippen LogP contribution in [0.3, 0.4) is 0 Å². The first kappa shape index (κ1) is 30.5. The van der Waals surface area contributed by atoms with Crippen molar-refractivity contribution in [3.8, 4) is 11.5 Å². The zero-order valence-electron chi connectivity index (χ0n) is 24.6. The highest BCUT2D eigenvalue weighted by atomic mass is 32.2. The van der Waals surface area contributed by atoms with Gasteiger partial charge in [0.05, 0.1) is 11.8 Å². The number of carbonyl (C=O) groups excluding carboxylic acids is 1. The fraction of sp³-hybridized carbons (Fsp3) is 0.633. The van der Waals surface area contributed by atoms with Gasteiger partial charge in [0.25, 0.3) is 5.91 Å². The second kappa shape index (κ2) is 14.0. The summed E-state index contributed by atoms with van der Waals surface area (Å²) < 4.78 is 24.0. The summed E-state index contributed by atoms with van der Waals surface area (Å²) in [6.45, 7) is 14.5. The summed E-state index contributed by atoms with van der Waals surface area (Å²) in [5.74, 6) is 2.55. The molecule has 1 amide bonds. The van der Waals surface area contributed by atoms with Gasteiger partial charge in [-0.2, -0.15) is 0 Å². The smallest absolute Gasteiger partial charge is 0.257 e. The van der Waals surface area contributed by atoms with Crippen molar-refractivity contribution in [3.63, 3.8) is 0 Å². The van der Waals surface area contributed by atoms with Crippen molar-refractivity contribution in [1.29, 1.82) is 0 Å². The van der Waals surface area contributed by atoms with Crippen molar-refractivity contribution < 1.29 is 13.9 Å². The van der Waals surface area contributed by atoms with Gasteiger partial charge in [0.1, 0.15) is 17.9 Å². The van der Waals surface area contributed by atoms with Gasteiger partial charge in [0, 0.05) is 49.4 Å². The van der Waals surface area contributed by atoms with Gasteiger partial charge in [-0.3, -0.25) is 9.52 Å². The zero-order valence-corrected chi connectivity index (χ0v) is 25.4. The standard InChI is InChI=1S/C30H45FN6O2S/c1-6-37(21(3)4)29(38)25-14-23(31)10-13-26(25)39-27-16-33-20-34-28(27)36-18-30(5,19-36)17-32-15-22-8-11-24(12-9-22)35-40-7-2/h10,13-14,16,20-22,24,32,35H,6-9,11-12,15,17-19H2,1-5H3. The van der Waals surface area contributed by atoms with Crippen LogP contribution in [0.4, 0.5) is 10.2 Å². The molecule has 2 heterocycles. The minimum Gasteiger partial charge on any atom is -0.451 e. The Morgan fingerprint density at radius 2 is 1.98 bits per heavy atom. The first-order valence-electron chi connectivity index (χ1n) is 14.6. The molecule has 40 heavy (non-hydrogen) atoms. The number of hydrogen-bond acceptors (Lipinski definition) is 8. The maximum atomic E-state index is 14.2. The van der Waals surface area contributed by atoms with Crippen LogP contribution in [-0.2, 0) is 0 Å². The fourth-order valence-corrected chi connectivity index (χ4v) is 6.43. The summed E-state index contributed by atoms with van der Waals surface area (Å²) >= 11 is 1.83. The van der Waals surface area contributed by atoms with Gasteiger partial charge in [-0.05, 0) is 77.1 Å². The quantitative estimate of drug-likeness (QED) is 0.304. The molecule has 1 saturated carbocycles. The van der Waals surface area contributed by atoms with E-state index in [9.17, 15) is 9.18 Å². The highest BCUT2D eigenvalue weighted by molar-refractivity contribution is 7.97. The van der Waals surface area contributed by atoms with E-state index in [1.165, 1.54) is 50.2 Å². The molecule has 1 aliphatic heterocycles. The van der Waals surface area contributed by atoms with Gasteiger partial charge in [0.2, 0.25) is 0 Å². The van der Waals surface area contributed by atoms with Crippen LogP contribution >= 0.6 is 11.9 Å². The number of anilines is 1. The molecule has 2 N–H and O–H groups in total. The van der Waals surface area contributed by atoms with Crippen molar-refractivity contribution in [3.05, 3.63) is 42.1 Å². The molecule has 0 spiro atoms. The number of hydrogen-bond donors (Lipinski definition) is 2. The first-order valence-corrected chi connectivity index (χ1v) is 15.6. The lowest BCUT2D eigenvalue weighted by Gasteiger charge is -2.49. The maximum Gasteiger partial charge on any atom is 0.257 e. The fourth-order valence-electron chi connectivity index (χ4n) is 5.80. The van der Waals surface area contributed by atoms with Gasteiger partial charge in [-0.15, -0.1) is 0 Å². The number of benzene rings is 1. The predicted octanol–water partition coefficient (Wildman–Crippen LogP) is 5.51. The Hall–Kier alpha value is -2.43. The monoisotopic (exact) mass is 572 g/mol. The van der Waals surface area contributed by atoms with Crippen LogP contribution in [0.1, 0.15) is 70.7 Å². The first-order chi connectivity index (χ1) is 19.2. The molecule has 2 aliphatic rings. The summed E-state index contributed by atoms with van der Waals surface area (Å²) in [6, 6.07) is 4.69. The predicted molar refractivity (Wildman–Crippen MR) is 161 cm³/mol. The lowest BCUT2D eigenvalue weighted by molar-refractivity contribution is 0.0713. The average Bonchev–Trinajstić information content (AvgIpc) is 2.92. The van der Waals surface area contributed by atoms with Crippen LogP contribution in [-0.4, -0.2) is 71.3 Å². The highest BCUT2D eigenvalue weighted by Gasteiger charge is 2.40. The molecule has 220 valence electrons. The minimum absolute atomic E-state index is 0.0199. The van der Waals surface area contributed by atoms with E-state index in [0.29, 0.717) is 29.9 Å². The average molecular weight is 573 g/mol. The van der Waals surface area contributed by atoms with Crippen molar-refractivity contribution in [2.24, 2.45) is 11.3 Å². The van der Waals surface area contributed by atoms with Crippen LogP contribution in [0, 0.1) is 17.2 Å². The molecule has 4 rings (SSSR count). The molecule has 0 radical (unpaired) electrons. The molecule has 0 atom stereocenters. The molecule has 0 bridgehead atoms. The van der Waals surface area contributed by atoms with Crippen LogP contribution < -0.4 is 19.7 Å². The van der Waals surface area contributed by atoms with E-state index in [1.807, 2.05) is 32.7 Å². The Morgan fingerprint density at radius 1 is 1.23 bits per heavy atom. The number of rotatable bonds is 13. The molecule has 10 heteroatoms. The topological polar surface area (TPSA) is 82.6 Å². The largest absolute Gasteiger partial charge is 0.451 e. The van der Waals surface area contributed by atoms with Gasteiger partial charge in [0.15, 0.2) is 11.6 Å². The van der Waals surface area contributed by atoms with Crippen molar-refractivity contribution in [2.45, 2.75) is 72.4 Å². The Kier molecular flexibility index (Phi) is 10.7.